The first-order valence-corrected chi connectivity index (χ1v) is 18.4. The maximum atomic E-state index is 14.1. The van der Waals surface area contributed by atoms with Crippen molar-refractivity contribution in [2.75, 3.05) is 24.9 Å². The molecule has 6 rings (SSSR count). The van der Waals surface area contributed by atoms with Gasteiger partial charge in [-0.1, -0.05) is 66.7 Å². The van der Waals surface area contributed by atoms with E-state index in [1.165, 1.54) is 30.2 Å². The van der Waals surface area contributed by atoms with Crippen LogP contribution in [0.2, 0.25) is 0 Å². The number of amides is 3. The second-order valence-corrected chi connectivity index (χ2v) is 14.2. The number of aryl methyl sites for hydroxylation is 1. The van der Waals surface area contributed by atoms with Crippen LogP contribution in [0, 0.1) is 0 Å². The minimum atomic E-state index is -0.688. The summed E-state index contributed by atoms with van der Waals surface area (Å²) in [6.45, 7) is 0. The van der Waals surface area contributed by atoms with Gasteiger partial charge in [0.05, 0.1) is 19.8 Å². The van der Waals surface area contributed by atoms with Crippen LogP contribution < -0.4 is 20.7 Å². The minimum Gasteiger partial charge on any atom is -0.497 e. The molecule has 0 saturated carbocycles. The molecule has 1 aromatic heterocycles. The Morgan fingerprint density at radius 1 is 0.808 bits per heavy atom. The van der Waals surface area contributed by atoms with Crippen LogP contribution in [-0.2, 0) is 27.2 Å². The van der Waals surface area contributed by atoms with E-state index in [0.29, 0.717) is 33.1 Å². The fourth-order valence-electron chi connectivity index (χ4n) is 5.84. The lowest BCUT2D eigenvalue weighted by molar-refractivity contribution is -0.116. The molecule has 3 N–H and O–H groups in total. The highest BCUT2D eigenvalue weighted by Crippen LogP contribution is 2.41. The quantitative estimate of drug-likeness (QED) is 0.0671. The van der Waals surface area contributed by atoms with Gasteiger partial charge in [0.15, 0.2) is 0 Å². The predicted octanol–water partition coefficient (Wildman–Crippen LogP) is 8.30. The van der Waals surface area contributed by atoms with Crippen molar-refractivity contribution >= 4 is 63.6 Å². The van der Waals surface area contributed by atoms with E-state index in [1.54, 1.807) is 79.9 Å². The number of benzene rings is 4. The molecule has 1 heterocycles. The van der Waals surface area contributed by atoms with Crippen molar-refractivity contribution in [3.63, 3.8) is 0 Å². The average Bonchev–Trinajstić information content (AvgIpc) is 3.55. The maximum Gasteiger partial charge on any atom is 0.341 e. The SMILES string of the molecule is COC(=O)c1c(NC(=O)C(Sc2cccc(NC(=O)/C(=C\c3ccc(OC)cc3)NC(=O)c3ccccc3)c2)c2ccccc2)sc2c1CCCC2. The first-order valence-electron chi connectivity index (χ1n) is 16.7. The Kier molecular flexibility index (Phi) is 11.8. The molecule has 0 bridgehead atoms. The summed E-state index contributed by atoms with van der Waals surface area (Å²) in [6, 6.07) is 32.3. The lowest BCUT2D eigenvalue weighted by atomic mass is 9.95. The highest BCUT2D eigenvalue weighted by atomic mass is 32.2. The number of rotatable bonds is 12. The van der Waals surface area contributed by atoms with Crippen LogP contribution in [0.25, 0.3) is 6.08 Å². The number of hydrogen-bond donors (Lipinski definition) is 3. The van der Waals surface area contributed by atoms with Crippen molar-refractivity contribution in [2.45, 2.75) is 35.8 Å². The van der Waals surface area contributed by atoms with Gasteiger partial charge in [-0.05, 0) is 90.9 Å². The molecule has 1 unspecified atom stereocenters. The van der Waals surface area contributed by atoms with Crippen molar-refractivity contribution < 1.29 is 28.7 Å². The zero-order valence-corrected chi connectivity index (χ0v) is 30.3. The summed E-state index contributed by atoms with van der Waals surface area (Å²) in [5, 5.41) is 8.54. The number of hydrogen-bond acceptors (Lipinski definition) is 8. The van der Waals surface area contributed by atoms with Crippen molar-refractivity contribution in [3.05, 3.63) is 148 Å². The number of nitrogens with one attached hydrogen (secondary N) is 3. The third kappa shape index (κ3) is 8.79. The molecule has 0 saturated heterocycles. The number of carbonyl (C=O) groups is 4. The molecule has 3 amide bonds. The van der Waals surface area contributed by atoms with Crippen molar-refractivity contribution in [2.24, 2.45) is 0 Å². The Hall–Kier alpha value is -5.65. The second-order valence-electron chi connectivity index (χ2n) is 11.9. The lowest BCUT2D eigenvalue weighted by Crippen LogP contribution is -2.30. The molecule has 264 valence electrons. The number of methoxy groups -OCH3 is 2. The Bertz CT molecular complexity index is 2100. The molecule has 5 aromatic rings. The number of ether oxygens (including phenoxy) is 2. The fraction of sp³-hybridized carbons (Fsp3) is 0.171. The van der Waals surface area contributed by atoms with E-state index in [0.717, 1.165) is 46.6 Å². The highest BCUT2D eigenvalue weighted by molar-refractivity contribution is 8.00. The van der Waals surface area contributed by atoms with E-state index < -0.39 is 23.0 Å². The van der Waals surface area contributed by atoms with Crippen LogP contribution >= 0.6 is 23.1 Å². The van der Waals surface area contributed by atoms with Gasteiger partial charge in [0.2, 0.25) is 5.91 Å². The van der Waals surface area contributed by atoms with Gasteiger partial charge in [0, 0.05) is 21.0 Å². The summed E-state index contributed by atoms with van der Waals surface area (Å²) >= 11 is 2.76. The van der Waals surface area contributed by atoms with Gasteiger partial charge in [0.25, 0.3) is 11.8 Å². The summed E-state index contributed by atoms with van der Waals surface area (Å²) in [6.07, 6.45) is 5.25. The monoisotopic (exact) mass is 731 g/mol. The number of fused-ring (bicyclic) bond motifs is 1. The Morgan fingerprint density at radius 3 is 2.23 bits per heavy atom. The summed E-state index contributed by atoms with van der Waals surface area (Å²) in [5.74, 6) is -1.05. The summed E-state index contributed by atoms with van der Waals surface area (Å²) in [4.78, 5) is 55.6. The van der Waals surface area contributed by atoms with Gasteiger partial charge < -0.3 is 25.4 Å². The van der Waals surface area contributed by atoms with E-state index in [1.807, 2.05) is 42.5 Å². The molecule has 11 heteroatoms. The smallest absolute Gasteiger partial charge is 0.341 e. The van der Waals surface area contributed by atoms with E-state index in [4.69, 9.17) is 9.47 Å². The number of thioether (sulfide) groups is 1. The number of esters is 1. The second kappa shape index (κ2) is 17.0. The van der Waals surface area contributed by atoms with Gasteiger partial charge in [-0.2, -0.15) is 0 Å². The van der Waals surface area contributed by atoms with Gasteiger partial charge in [-0.3, -0.25) is 14.4 Å². The average molecular weight is 732 g/mol. The molecule has 9 nitrogen and oxygen atoms in total. The van der Waals surface area contributed by atoms with Gasteiger partial charge in [-0.25, -0.2) is 4.79 Å². The van der Waals surface area contributed by atoms with Crippen LogP contribution in [0.4, 0.5) is 10.7 Å². The predicted molar refractivity (Wildman–Crippen MR) is 206 cm³/mol. The van der Waals surface area contributed by atoms with E-state index in [2.05, 4.69) is 16.0 Å². The zero-order valence-electron chi connectivity index (χ0n) is 28.6. The third-order valence-corrected chi connectivity index (χ3v) is 10.9. The molecular formula is C41H37N3O6S2. The molecule has 1 aliphatic rings. The van der Waals surface area contributed by atoms with Gasteiger partial charge in [-0.15, -0.1) is 23.1 Å². The van der Waals surface area contributed by atoms with Crippen molar-refractivity contribution in [3.8, 4) is 5.75 Å². The fourth-order valence-corrected chi connectivity index (χ4v) is 8.20. The van der Waals surface area contributed by atoms with Crippen LogP contribution in [0.5, 0.6) is 5.75 Å². The summed E-state index contributed by atoms with van der Waals surface area (Å²) in [5.41, 5.74) is 3.77. The largest absolute Gasteiger partial charge is 0.497 e. The Balaban J connectivity index is 1.24. The molecule has 1 atom stereocenters. The molecule has 4 aromatic carbocycles. The van der Waals surface area contributed by atoms with Crippen molar-refractivity contribution in [1.29, 1.82) is 0 Å². The number of thiophene rings is 1. The molecule has 0 aliphatic heterocycles. The zero-order chi connectivity index (χ0) is 36.5. The maximum absolute atomic E-state index is 14.1. The Labute approximate surface area is 310 Å². The molecule has 0 fully saturated rings. The Morgan fingerprint density at radius 2 is 1.52 bits per heavy atom. The first kappa shape index (κ1) is 36.2. The lowest BCUT2D eigenvalue weighted by Gasteiger charge is -2.18. The van der Waals surface area contributed by atoms with Crippen LogP contribution in [0.15, 0.2) is 120 Å². The standard InChI is InChI=1S/C41H37N3O6S2/c1-49-30-22-20-26(21-23-30)24-33(43-37(45)28-14-7-4-8-15-28)38(46)42-29-16-11-17-31(25-29)51-36(27-12-5-3-6-13-27)39(47)44-40-35(41(48)50-2)32-18-9-10-19-34(32)52-40/h3-8,11-17,20-25,36H,9-10,18-19H2,1-2H3,(H,42,46)(H,43,45)(H,44,47)/b33-24+. The third-order valence-electron chi connectivity index (χ3n) is 8.44. The van der Waals surface area contributed by atoms with Gasteiger partial charge >= 0.3 is 5.97 Å². The van der Waals surface area contributed by atoms with Crippen LogP contribution in [-0.4, -0.2) is 37.9 Å². The molecular weight excluding hydrogens is 695 g/mol. The summed E-state index contributed by atoms with van der Waals surface area (Å²) in [7, 11) is 2.92. The summed E-state index contributed by atoms with van der Waals surface area (Å²) < 4.78 is 10.4. The van der Waals surface area contributed by atoms with E-state index >= 15 is 0 Å². The normalized spacial score (nSPS) is 12.9. The van der Waals surface area contributed by atoms with Crippen LogP contribution in [0.3, 0.4) is 0 Å². The van der Waals surface area contributed by atoms with Gasteiger partial charge in [0.1, 0.15) is 21.7 Å². The molecule has 1 aliphatic carbocycles. The van der Waals surface area contributed by atoms with E-state index in [-0.39, 0.29) is 11.6 Å². The molecule has 0 radical (unpaired) electrons. The first-order chi connectivity index (χ1) is 25.3. The highest BCUT2D eigenvalue weighted by Gasteiger charge is 2.30. The van der Waals surface area contributed by atoms with Crippen LogP contribution in [0.1, 0.15) is 60.4 Å². The number of anilines is 2. The minimum absolute atomic E-state index is 0.0404. The number of carbonyl (C=O) groups excluding carboxylic acids is 4. The molecule has 52 heavy (non-hydrogen) atoms. The topological polar surface area (TPSA) is 123 Å². The van der Waals surface area contributed by atoms with Crippen molar-refractivity contribution in [1.82, 2.24) is 5.32 Å². The molecule has 0 spiro atoms. The van der Waals surface area contributed by atoms with E-state index in [9.17, 15) is 19.2 Å².